The number of nitrogens with zero attached hydrogens (tertiary/aromatic N) is 3. The highest BCUT2D eigenvalue weighted by molar-refractivity contribution is 5.56. The van der Waals surface area contributed by atoms with Crippen molar-refractivity contribution in [3.63, 3.8) is 0 Å². The van der Waals surface area contributed by atoms with E-state index in [-0.39, 0.29) is 6.04 Å². The van der Waals surface area contributed by atoms with Gasteiger partial charge in [0.1, 0.15) is 17.5 Å². The zero-order valence-electron chi connectivity index (χ0n) is 9.65. The highest BCUT2D eigenvalue weighted by Crippen LogP contribution is 2.20. The van der Waals surface area contributed by atoms with Crippen LogP contribution in [0.5, 0.6) is 0 Å². The van der Waals surface area contributed by atoms with E-state index in [0.29, 0.717) is 0 Å². The predicted octanol–water partition coefficient (Wildman–Crippen LogP) is 2.28. The molecule has 2 heterocycles. The number of pyridine rings is 1. The fourth-order valence-electron chi connectivity index (χ4n) is 1.77. The maximum absolute atomic E-state index is 8.82. The summed E-state index contributed by atoms with van der Waals surface area (Å²) in [6.45, 7) is 5.80. The van der Waals surface area contributed by atoms with Crippen LogP contribution in [0.2, 0.25) is 0 Å². The van der Waals surface area contributed by atoms with E-state index in [1.807, 2.05) is 43.4 Å². The van der Waals surface area contributed by atoms with Crippen LogP contribution < -0.4 is 5.32 Å². The number of fused-ring (bicyclic) bond motifs is 1. The number of aromatic nitrogens is 2. The summed E-state index contributed by atoms with van der Waals surface area (Å²) >= 11 is 0. The molecule has 0 spiro atoms. The molecule has 0 amide bonds. The van der Waals surface area contributed by atoms with Crippen molar-refractivity contribution < 1.29 is 0 Å². The Morgan fingerprint density at radius 3 is 2.88 bits per heavy atom. The Balaban J connectivity index is 2.60. The lowest BCUT2D eigenvalue weighted by Gasteiger charge is -2.10. The first kappa shape index (κ1) is 10.5. The van der Waals surface area contributed by atoms with E-state index in [2.05, 4.69) is 16.4 Å². The first-order valence-electron chi connectivity index (χ1n) is 5.24. The van der Waals surface area contributed by atoms with Gasteiger partial charge in [0.15, 0.2) is 0 Å². The summed E-state index contributed by atoms with van der Waals surface area (Å²) in [5.41, 5.74) is 2.92. The molecule has 2 rings (SSSR count). The molecule has 1 atom stereocenters. The molecule has 16 heavy (non-hydrogen) atoms. The maximum atomic E-state index is 8.82. The minimum absolute atomic E-state index is 0.224. The van der Waals surface area contributed by atoms with Crippen LogP contribution in [0.4, 0.5) is 5.82 Å². The fraction of sp³-hybridized carbons (Fsp3) is 0.333. The summed E-state index contributed by atoms with van der Waals surface area (Å²) in [5.74, 6) is 0.905. The van der Waals surface area contributed by atoms with E-state index in [0.717, 1.165) is 22.9 Å². The smallest absolute Gasteiger partial charge is 0.138 e. The van der Waals surface area contributed by atoms with E-state index < -0.39 is 0 Å². The van der Waals surface area contributed by atoms with Gasteiger partial charge in [-0.1, -0.05) is 6.07 Å². The minimum atomic E-state index is -0.224. The molecule has 1 N–H and O–H groups in total. The molecular formula is C12H14N4. The standard InChI is InChI=1S/C12H14N4/c1-8(7-13)14-12-10(3)15-11-6-4-5-9(2)16(11)12/h4-6,8,14H,1-3H3/t8-/m1/s1. The Kier molecular flexibility index (Phi) is 2.53. The van der Waals surface area contributed by atoms with Gasteiger partial charge in [0.25, 0.3) is 0 Å². The number of hydrogen-bond donors (Lipinski definition) is 1. The Bertz CT molecular complexity index is 562. The third-order valence-corrected chi connectivity index (χ3v) is 2.56. The average molecular weight is 214 g/mol. The van der Waals surface area contributed by atoms with Crippen LogP contribution in [0, 0.1) is 25.2 Å². The predicted molar refractivity (Wildman–Crippen MR) is 63.4 cm³/mol. The van der Waals surface area contributed by atoms with Crippen LogP contribution in [0.25, 0.3) is 5.65 Å². The lowest BCUT2D eigenvalue weighted by molar-refractivity contribution is 0.967. The molecule has 0 aliphatic rings. The van der Waals surface area contributed by atoms with E-state index >= 15 is 0 Å². The fourth-order valence-corrected chi connectivity index (χ4v) is 1.77. The number of nitriles is 1. The number of nitrogens with one attached hydrogen (secondary N) is 1. The molecule has 4 nitrogen and oxygen atoms in total. The van der Waals surface area contributed by atoms with Gasteiger partial charge in [0, 0.05) is 5.69 Å². The summed E-state index contributed by atoms with van der Waals surface area (Å²) in [6, 6.07) is 7.90. The molecule has 0 saturated carbocycles. The molecule has 0 fully saturated rings. The number of anilines is 1. The molecule has 0 aliphatic heterocycles. The van der Waals surface area contributed by atoms with Crippen LogP contribution in [-0.4, -0.2) is 15.4 Å². The summed E-state index contributed by atoms with van der Waals surface area (Å²) in [5, 5.41) is 12.0. The van der Waals surface area contributed by atoms with Crippen molar-refractivity contribution in [2.75, 3.05) is 5.32 Å². The minimum Gasteiger partial charge on any atom is -0.354 e. The lowest BCUT2D eigenvalue weighted by atomic mass is 10.3. The Morgan fingerprint density at radius 2 is 2.19 bits per heavy atom. The van der Waals surface area contributed by atoms with Crippen molar-refractivity contribution in [2.24, 2.45) is 0 Å². The third-order valence-electron chi connectivity index (χ3n) is 2.56. The summed E-state index contributed by atoms with van der Waals surface area (Å²) in [6.07, 6.45) is 0. The zero-order valence-corrected chi connectivity index (χ0v) is 9.65. The molecule has 4 heteroatoms. The molecule has 0 radical (unpaired) electrons. The molecule has 0 aromatic carbocycles. The van der Waals surface area contributed by atoms with Crippen molar-refractivity contribution >= 4 is 11.5 Å². The largest absolute Gasteiger partial charge is 0.354 e. The van der Waals surface area contributed by atoms with Crippen molar-refractivity contribution in [1.82, 2.24) is 9.38 Å². The van der Waals surface area contributed by atoms with Gasteiger partial charge >= 0.3 is 0 Å². The summed E-state index contributed by atoms with van der Waals surface area (Å²) in [4.78, 5) is 4.45. The monoisotopic (exact) mass is 214 g/mol. The third kappa shape index (κ3) is 1.61. The highest BCUT2D eigenvalue weighted by atomic mass is 15.1. The lowest BCUT2D eigenvalue weighted by Crippen LogP contribution is -2.14. The second kappa shape index (κ2) is 3.86. The van der Waals surface area contributed by atoms with Crippen LogP contribution >= 0.6 is 0 Å². The van der Waals surface area contributed by atoms with Crippen LogP contribution in [-0.2, 0) is 0 Å². The van der Waals surface area contributed by atoms with E-state index in [1.54, 1.807) is 0 Å². The normalized spacial score (nSPS) is 12.4. The van der Waals surface area contributed by atoms with Crippen LogP contribution in [0.15, 0.2) is 18.2 Å². The Hall–Kier alpha value is -2.02. The summed E-state index contributed by atoms with van der Waals surface area (Å²) in [7, 11) is 0. The number of hydrogen-bond acceptors (Lipinski definition) is 3. The van der Waals surface area contributed by atoms with E-state index in [4.69, 9.17) is 5.26 Å². The topological polar surface area (TPSA) is 53.1 Å². The van der Waals surface area contributed by atoms with Gasteiger partial charge in [0.05, 0.1) is 11.8 Å². The molecule has 2 aromatic heterocycles. The van der Waals surface area contributed by atoms with Gasteiger partial charge in [-0.25, -0.2) is 4.98 Å². The van der Waals surface area contributed by atoms with Gasteiger partial charge < -0.3 is 5.32 Å². The van der Waals surface area contributed by atoms with Gasteiger partial charge in [-0.2, -0.15) is 5.26 Å². The molecule has 0 bridgehead atoms. The quantitative estimate of drug-likeness (QED) is 0.834. The SMILES string of the molecule is Cc1nc2cccc(C)n2c1N[C@H](C)C#N. The molecule has 0 unspecified atom stereocenters. The molecular weight excluding hydrogens is 200 g/mol. The molecule has 0 saturated heterocycles. The molecule has 82 valence electrons. The zero-order chi connectivity index (χ0) is 11.7. The van der Waals surface area contributed by atoms with E-state index in [1.165, 1.54) is 0 Å². The van der Waals surface area contributed by atoms with Crippen molar-refractivity contribution in [3.05, 3.63) is 29.6 Å². The average Bonchev–Trinajstić information content (AvgIpc) is 2.56. The maximum Gasteiger partial charge on any atom is 0.138 e. The van der Waals surface area contributed by atoms with Crippen molar-refractivity contribution in [2.45, 2.75) is 26.8 Å². The van der Waals surface area contributed by atoms with E-state index in [9.17, 15) is 0 Å². The number of imidazole rings is 1. The number of rotatable bonds is 2. The van der Waals surface area contributed by atoms with Gasteiger partial charge in [0.2, 0.25) is 0 Å². The second-order valence-electron chi connectivity index (χ2n) is 3.90. The van der Waals surface area contributed by atoms with Crippen LogP contribution in [0.3, 0.4) is 0 Å². The highest BCUT2D eigenvalue weighted by Gasteiger charge is 2.11. The molecule has 0 aliphatic carbocycles. The number of aryl methyl sites for hydroxylation is 2. The Morgan fingerprint density at radius 1 is 1.44 bits per heavy atom. The van der Waals surface area contributed by atoms with Crippen LogP contribution in [0.1, 0.15) is 18.3 Å². The first-order valence-corrected chi connectivity index (χ1v) is 5.24. The molecule has 2 aromatic rings. The van der Waals surface area contributed by atoms with Gasteiger partial charge in [-0.15, -0.1) is 0 Å². The van der Waals surface area contributed by atoms with Gasteiger partial charge in [-0.05, 0) is 32.9 Å². The van der Waals surface area contributed by atoms with Gasteiger partial charge in [-0.3, -0.25) is 4.40 Å². The van der Waals surface area contributed by atoms with Crippen molar-refractivity contribution in [3.8, 4) is 6.07 Å². The summed E-state index contributed by atoms with van der Waals surface area (Å²) < 4.78 is 2.03. The Labute approximate surface area is 94.5 Å². The first-order chi connectivity index (χ1) is 7.63. The van der Waals surface area contributed by atoms with Crippen molar-refractivity contribution in [1.29, 1.82) is 5.26 Å². The second-order valence-corrected chi connectivity index (χ2v) is 3.90.